The van der Waals surface area contributed by atoms with Crippen LogP contribution in [0.1, 0.15) is 32.0 Å². The Morgan fingerprint density at radius 1 is 1.18 bits per heavy atom. The van der Waals surface area contributed by atoms with Crippen molar-refractivity contribution in [2.45, 2.75) is 39.5 Å². The Kier molecular flexibility index (Phi) is 5.96. The van der Waals surface area contributed by atoms with Crippen LogP contribution in [0.3, 0.4) is 0 Å². The second-order valence-electron chi connectivity index (χ2n) is 7.13. The molecule has 1 aromatic heterocycles. The number of hydrogen-bond acceptors (Lipinski definition) is 3. The molecule has 0 saturated heterocycles. The van der Waals surface area contributed by atoms with Crippen molar-refractivity contribution in [1.29, 1.82) is 0 Å². The summed E-state index contributed by atoms with van der Waals surface area (Å²) >= 11 is 6.30. The zero-order valence-corrected chi connectivity index (χ0v) is 16.8. The van der Waals surface area contributed by atoms with E-state index in [-0.39, 0.29) is 18.2 Å². The molecule has 0 saturated carbocycles. The first kappa shape index (κ1) is 20.2. The summed E-state index contributed by atoms with van der Waals surface area (Å²) in [6, 6.07) is 15.7. The quantitative estimate of drug-likeness (QED) is 0.542. The maximum atomic E-state index is 13.3. The summed E-state index contributed by atoms with van der Waals surface area (Å²) in [7, 11) is 0. The van der Waals surface area contributed by atoms with Crippen LogP contribution in [0.4, 0.5) is 4.39 Å². The maximum Gasteiger partial charge on any atom is 0.161 e. The van der Waals surface area contributed by atoms with Crippen LogP contribution in [0.5, 0.6) is 0 Å². The number of carbonyl (C=O) groups excluding carboxylic acids is 1. The third kappa shape index (κ3) is 4.66. The number of nitrogens with zero attached hydrogens (tertiary/aromatic N) is 2. The molecule has 0 unspecified atom stereocenters. The first-order valence-corrected chi connectivity index (χ1v) is 9.35. The Hall–Kier alpha value is -2.50. The first-order chi connectivity index (χ1) is 13.3. The highest BCUT2D eigenvalue weighted by molar-refractivity contribution is 6.31. The minimum Gasteiger partial charge on any atom is -0.361 e. The number of rotatable bonds is 7. The van der Waals surface area contributed by atoms with Gasteiger partial charge in [0, 0.05) is 10.6 Å². The molecule has 1 heterocycles. The van der Waals surface area contributed by atoms with Crippen LogP contribution in [-0.2, 0) is 22.7 Å². The van der Waals surface area contributed by atoms with Gasteiger partial charge in [0.05, 0.1) is 24.5 Å². The summed E-state index contributed by atoms with van der Waals surface area (Å²) in [5, 5.41) is 5.29. The van der Waals surface area contributed by atoms with E-state index >= 15 is 0 Å². The molecular formula is C22H22ClFN2O2. The monoisotopic (exact) mass is 400 g/mol. The van der Waals surface area contributed by atoms with Crippen LogP contribution in [0.15, 0.2) is 54.6 Å². The lowest BCUT2D eigenvalue weighted by atomic mass is 10.1. The summed E-state index contributed by atoms with van der Waals surface area (Å²) in [5.41, 5.74) is 2.37. The van der Waals surface area contributed by atoms with E-state index in [1.165, 1.54) is 19.1 Å². The van der Waals surface area contributed by atoms with Gasteiger partial charge in [0.25, 0.3) is 0 Å². The van der Waals surface area contributed by atoms with Crippen molar-refractivity contribution < 1.29 is 13.9 Å². The largest absolute Gasteiger partial charge is 0.361 e. The number of ketones is 1. The lowest BCUT2D eigenvalue weighted by Crippen LogP contribution is -2.32. The molecule has 28 heavy (non-hydrogen) atoms. The number of Topliss-reactive ketones (excluding diaryl/α,β-unsaturated/α-hetero) is 1. The van der Waals surface area contributed by atoms with Gasteiger partial charge in [-0.25, -0.2) is 4.39 Å². The molecule has 0 atom stereocenters. The van der Waals surface area contributed by atoms with E-state index in [4.69, 9.17) is 16.3 Å². The Morgan fingerprint density at radius 3 is 2.50 bits per heavy atom. The Bertz CT molecular complexity index is 980. The van der Waals surface area contributed by atoms with Crippen LogP contribution in [-0.4, -0.2) is 21.2 Å². The lowest BCUT2D eigenvalue weighted by Gasteiger charge is -2.21. The molecule has 146 valence electrons. The zero-order valence-electron chi connectivity index (χ0n) is 16.1. The van der Waals surface area contributed by atoms with Gasteiger partial charge in [-0.3, -0.25) is 9.48 Å². The normalized spacial score (nSPS) is 11.6. The molecule has 0 N–H and O–H groups in total. The van der Waals surface area contributed by atoms with Crippen LogP contribution in [0.25, 0.3) is 11.3 Å². The molecule has 4 nitrogen and oxygen atoms in total. The number of benzene rings is 2. The van der Waals surface area contributed by atoms with Gasteiger partial charge in [-0.2, -0.15) is 5.10 Å². The van der Waals surface area contributed by atoms with Gasteiger partial charge < -0.3 is 4.74 Å². The van der Waals surface area contributed by atoms with Crippen LogP contribution in [0, 0.1) is 5.82 Å². The van der Waals surface area contributed by atoms with Crippen LogP contribution < -0.4 is 0 Å². The second-order valence-corrected chi connectivity index (χ2v) is 7.54. The van der Waals surface area contributed by atoms with Crippen LogP contribution >= 0.6 is 11.6 Å². The fourth-order valence-electron chi connectivity index (χ4n) is 2.66. The molecule has 3 rings (SSSR count). The Morgan fingerprint density at radius 2 is 1.86 bits per heavy atom. The van der Waals surface area contributed by atoms with Gasteiger partial charge in [0.15, 0.2) is 5.78 Å². The molecule has 3 aromatic rings. The lowest BCUT2D eigenvalue weighted by molar-refractivity contribution is -0.139. The van der Waals surface area contributed by atoms with Gasteiger partial charge in [0.2, 0.25) is 0 Å². The number of hydrogen-bond donors (Lipinski definition) is 0. The number of halogens is 2. The van der Waals surface area contributed by atoms with Gasteiger partial charge in [-0.15, -0.1) is 0 Å². The summed E-state index contributed by atoms with van der Waals surface area (Å²) in [5.74, 6) is -0.352. The van der Waals surface area contributed by atoms with E-state index in [1.54, 1.807) is 26.0 Å². The fraction of sp³-hybridized carbons (Fsp3) is 0.273. The predicted molar refractivity (Wildman–Crippen MR) is 108 cm³/mol. The summed E-state index contributed by atoms with van der Waals surface area (Å²) in [6.07, 6.45) is 0. The zero-order chi connectivity index (χ0) is 20.3. The third-order valence-corrected chi connectivity index (χ3v) is 5.05. The van der Waals surface area contributed by atoms with Gasteiger partial charge in [0.1, 0.15) is 11.4 Å². The molecule has 0 aliphatic heterocycles. The van der Waals surface area contributed by atoms with Gasteiger partial charge >= 0.3 is 0 Å². The van der Waals surface area contributed by atoms with Crippen molar-refractivity contribution in [3.63, 3.8) is 0 Å². The topological polar surface area (TPSA) is 44.1 Å². The van der Waals surface area contributed by atoms with Gasteiger partial charge in [-0.1, -0.05) is 29.8 Å². The Balaban J connectivity index is 1.94. The van der Waals surface area contributed by atoms with E-state index in [0.29, 0.717) is 17.3 Å². The van der Waals surface area contributed by atoms with Crippen molar-refractivity contribution in [1.82, 2.24) is 9.78 Å². The molecule has 2 aromatic carbocycles. The molecule has 0 aliphatic rings. The molecule has 0 radical (unpaired) electrons. The van der Waals surface area contributed by atoms with Crippen molar-refractivity contribution in [2.24, 2.45) is 0 Å². The highest BCUT2D eigenvalue weighted by Crippen LogP contribution is 2.25. The number of ether oxygens (including phenoxy) is 1. The van der Waals surface area contributed by atoms with E-state index < -0.39 is 5.60 Å². The van der Waals surface area contributed by atoms with E-state index in [1.807, 2.05) is 35.0 Å². The number of carbonyl (C=O) groups is 1. The van der Waals surface area contributed by atoms with E-state index in [2.05, 4.69) is 5.10 Å². The highest BCUT2D eigenvalue weighted by Gasteiger charge is 2.25. The van der Waals surface area contributed by atoms with E-state index in [0.717, 1.165) is 16.8 Å². The second kappa shape index (κ2) is 8.25. The SMILES string of the molecule is CC(=O)C(C)(C)OCc1cc(-c2ccc(F)cc2)n(Cc2ccccc2Cl)n1. The van der Waals surface area contributed by atoms with Crippen LogP contribution in [0.2, 0.25) is 5.02 Å². The van der Waals surface area contributed by atoms with Crippen molar-refractivity contribution >= 4 is 17.4 Å². The first-order valence-electron chi connectivity index (χ1n) is 8.97. The minimum atomic E-state index is -0.886. The molecule has 0 spiro atoms. The predicted octanol–water partition coefficient (Wildman–Crippen LogP) is 5.28. The summed E-state index contributed by atoms with van der Waals surface area (Å²) < 4.78 is 20.9. The Labute approximate surface area is 168 Å². The highest BCUT2D eigenvalue weighted by atomic mass is 35.5. The third-order valence-electron chi connectivity index (χ3n) is 4.68. The van der Waals surface area contributed by atoms with Crippen molar-refractivity contribution in [2.75, 3.05) is 0 Å². The smallest absolute Gasteiger partial charge is 0.161 e. The molecular weight excluding hydrogens is 379 g/mol. The van der Waals surface area contributed by atoms with Gasteiger partial charge in [-0.05, 0) is 62.7 Å². The van der Waals surface area contributed by atoms with Crippen molar-refractivity contribution in [3.05, 3.63) is 76.7 Å². The summed E-state index contributed by atoms with van der Waals surface area (Å²) in [6.45, 7) is 5.62. The molecule has 0 bridgehead atoms. The number of aromatic nitrogens is 2. The van der Waals surface area contributed by atoms with E-state index in [9.17, 15) is 9.18 Å². The average Bonchev–Trinajstić information content (AvgIpc) is 3.05. The van der Waals surface area contributed by atoms with Crippen molar-refractivity contribution in [3.8, 4) is 11.3 Å². The maximum absolute atomic E-state index is 13.3. The molecule has 0 amide bonds. The summed E-state index contributed by atoms with van der Waals surface area (Å²) in [4.78, 5) is 11.7. The fourth-order valence-corrected chi connectivity index (χ4v) is 2.85. The molecule has 0 fully saturated rings. The standard InChI is InChI=1S/C22H22ClFN2O2/c1-15(27)22(2,3)28-14-19-12-21(16-8-10-18(24)11-9-16)26(25-19)13-17-6-4-5-7-20(17)23/h4-12H,13-14H2,1-3H3. The average molecular weight is 401 g/mol. The minimum absolute atomic E-state index is 0.0539. The molecule has 6 heteroatoms. The molecule has 0 aliphatic carbocycles.